The number of likely N-dealkylation sites (N-methyl/N-ethyl adjacent to an activating group) is 2. The summed E-state index contributed by atoms with van der Waals surface area (Å²) in [4.78, 5) is 12.8. The van der Waals surface area contributed by atoms with Gasteiger partial charge in [-0.15, -0.1) is 0 Å². The van der Waals surface area contributed by atoms with Crippen LogP contribution in [0.5, 0.6) is 0 Å². The highest BCUT2D eigenvalue weighted by molar-refractivity contribution is 7.91. The van der Waals surface area contributed by atoms with Crippen molar-refractivity contribution in [3.63, 3.8) is 0 Å². The number of carbonyl (C=O) groups is 1. The van der Waals surface area contributed by atoms with E-state index in [9.17, 15) is 13.2 Å². The van der Waals surface area contributed by atoms with E-state index < -0.39 is 15.4 Å². The highest BCUT2D eigenvalue weighted by atomic mass is 32.2. The molecule has 1 heterocycles. The molecule has 1 N–H and O–H groups in total. The predicted molar refractivity (Wildman–Crippen MR) is 95.1 cm³/mol. The van der Waals surface area contributed by atoms with Crippen LogP contribution in [0.2, 0.25) is 0 Å². The number of sulfone groups is 1. The minimum atomic E-state index is -3.57. The first-order chi connectivity index (χ1) is 11.8. The summed E-state index contributed by atoms with van der Waals surface area (Å²) < 4.78 is 25.3. The van der Waals surface area contributed by atoms with Crippen LogP contribution in [0.1, 0.15) is 12.5 Å². The second kappa shape index (κ2) is 6.09. The van der Waals surface area contributed by atoms with Crippen molar-refractivity contribution in [1.29, 1.82) is 0 Å². The van der Waals surface area contributed by atoms with Crippen molar-refractivity contribution in [3.8, 4) is 0 Å². The second-order valence-corrected chi connectivity index (χ2v) is 7.94. The summed E-state index contributed by atoms with van der Waals surface area (Å²) in [5.41, 5.74) is 0.321. The van der Waals surface area contributed by atoms with Crippen LogP contribution in [-0.4, -0.2) is 44.7 Å². The number of rotatable bonds is 4. The minimum absolute atomic E-state index is 0.161. The zero-order chi connectivity index (χ0) is 18.2. The third-order valence-electron chi connectivity index (χ3n) is 4.44. The molecule has 1 aliphatic rings. The average Bonchev–Trinajstić information content (AvgIpc) is 2.87. The van der Waals surface area contributed by atoms with Crippen LogP contribution >= 0.6 is 0 Å². The number of hydrogen-bond donors (Lipinski definition) is 1. The summed E-state index contributed by atoms with van der Waals surface area (Å²) >= 11 is 0. The van der Waals surface area contributed by atoms with Crippen molar-refractivity contribution >= 4 is 21.5 Å². The molecule has 1 amide bonds. The van der Waals surface area contributed by atoms with E-state index in [1.54, 1.807) is 75.6 Å². The number of benzene rings is 2. The van der Waals surface area contributed by atoms with Gasteiger partial charge in [-0.05, 0) is 38.2 Å². The largest absolute Gasteiger partial charge is 0.301 e. The van der Waals surface area contributed by atoms with Gasteiger partial charge in [0.15, 0.2) is 0 Å². The molecule has 0 spiro atoms. The Labute approximate surface area is 147 Å². The first-order valence-electron chi connectivity index (χ1n) is 7.77. The molecule has 0 saturated heterocycles. The second-order valence-electron chi connectivity index (χ2n) is 5.99. The quantitative estimate of drug-likeness (QED) is 0.903. The number of amides is 1. The van der Waals surface area contributed by atoms with Gasteiger partial charge in [-0.2, -0.15) is 5.10 Å². The number of nitrogens with zero attached hydrogens (tertiary/aromatic N) is 2. The standard InChI is InChI=1S/C18H19N3O3S/c1-18(19-2)16(20-21(3)17(18)22)13-9-11-15(12-10-13)25(23,24)14-7-5-4-6-8-14/h4-12,19H,1-3H3. The molecule has 2 aromatic rings. The summed E-state index contributed by atoms with van der Waals surface area (Å²) in [6, 6.07) is 14.7. The van der Waals surface area contributed by atoms with Gasteiger partial charge in [-0.25, -0.2) is 13.4 Å². The number of hydrogen-bond acceptors (Lipinski definition) is 5. The van der Waals surface area contributed by atoms with E-state index >= 15 is 0 Å². The Balaban J connectivity index is 1.99. The average molecular weight is 357 g/mol. The van der Waals surface area contributed by atoms with Crippen LogP contribution in [-0.2, 0) is 14.6 Å². The molecule has 130 valence electrons. The third-order valence-corrected chi connectivity index (χ3v) is 6.22. The maximum Gasteiger partial charge on any atom is 0.268 e. The molecule has 1 aliphatic heterocycles. The van der Waals surface area contributed by atoms with Gasteiger partial charge in [0, 0.05) is 12.6 Å². The summed E-state index contributed by atoms with van der Waals surface area (Å²) in [5, 5.41) is 8.59. The number of nitrogens with one attached hydrogen (secondary N) is 1. The molecule has 25 heavy (non-hydrogen) atoms. The molecule has 0 aromatic heterocycles. The van der Waals surface area contributed by atoms with E-state index in [0.29, 0.717) is 11.3 Å². The molecule has 0 bridgehead atoms. The van der Waals surface area contributed by atoms with E-state index in [4.69, 9.17) is 0 Å². The lowest BCUT2D eigenvalue weighted by Crippen LogP contribution is -2.53. The molecular weight excluding hydrogens is 338 g/mol. The van der Waals surface area contributed by atoms with Gasteiger partial charge in [0.1, 0.15) is 5.54 Å². The SMILES string of the molecule is CNC1(C)C(=O)N(C)N=C1c1ccc(S(=O)(=O)c2ccccc2)cc1. The zero-order valence-corrected chi connectivity index (χ0v) is 15.0. The predicted octanol–water partition coefficient (Wildman–Crippen LogP) is 1.67. The maximum atomic E-state index is 12.6. The Morgan fingerprint density at radius 2 is 1.56 bits per heavy atom. The van der Waals surface area contributed by atoms with Crippen LogP contribution in [0, 0.1) is 0 Å². The first kappa shape index (κ1) is 17.3. The van der Waals surface area contributed by atoms with Crippen LogP contribution < -0.4 is 5.32 Å². The molecule has 0 saturated carbocycles. The summed E-state index contributed by atoms with van der Waals surface area (Å²) in [6.07, 6.45) is 0. The normalized spacial score (nSPS) is 20.7. The van der Waals surface area contributed by atoms with E-state index in [1.807, 2.05) is 0 Å². The molecule has 3 rings (SSSR count). The van der Waals surface area contributed by atoms with Crippen LogP contribution in [0.25, 0.3) is 0 Å². The van der Waals surface area contributed by atoms with Crippen molar-refractivity contribution < 1.29 is 13.2 Å². The molecule has 0 fully saturated rings. The van der Waals surface area contributed by atoms with Gasteiger partial charge in [-0.3, -0.25) is 4.79 Å². The van der Waals surface area contributed by atoms with Crippen molar-refractivity contribution in [2.75, 3.05) is 14.1 Å². The fourth-order valence-electron chi connectivity index (χ4n) is 2.82. The first-order valence-corrected chi connectivity index (χ1v) is 9.26. The van der Waals surface area contributed by atoms with Gasteiger partial charge in [-0.1, -0.05) is 30.3 Å². The molecule has 2 aromatic carbocycles. The maximum absolute atomic E-state index is 12.6. The molecule has 0 radical (unpaired) electrons. The highest BCUT2D eigenvalue weighted by Crippen LogP contribution is 2.26. The Morgan fingerprint density at radius 1 is 1.00 bits per heavy atom. The fraction of sp³-hybridized carbons (Fsp3) is 0.222. The summed E-state index contributed by atoms with van der Waals surface area (Å²) in [7, 11) is -0.276. The lowest BCUT2D eigenvalue weighted by Gasteiger charge is -2.23. The van der Waals surface area contributed by atoms with E-state index in [-0.39, 0.29) is 15.7 Å². The van der Waals surface area contributed by atoms with Crippen LogP contribution in [0.3, 0.4) is 0 Å². The monoisotopic (exact) mass is 357 g/mol. The van der Waals surface area contributed by atoms with E-state index in [2.05, 4.69) is 10.4 Å². The molecule has 6 nitrogen and oxygen atoms in total. The Bertz CT molecular complexity index is 937. The van der Waals surface area contributed by atoms with Gasteiger partial charge in [0.2, 0.25) is 9.84 Å². The fourth-order valence-corrected chi connectivity index (χ4v) is 4.10. The molecule has 1 unspecified atom stereocenters. The zero-order valence-electron chi connectivity index (χ0n) is 14.2. The topological polar surface area (TPSA) is 78.8 Å². The number of hydrazone groups is 1. The van der Waals surface area contributed by atoms with E-state index in [0.717, 1.165) is 0 Å². The van der Waals surface area contributed by atoms with Crippen molar-refractivity contribution in [2.24, 2.45) is 5.10 Å². The van der Waals surface area contributed by atoms with Gasteiger partial charge in [0.25, 0.3) is 5.91 Å². The third kappa shape index (κ3) is 2.75. The van der Waals surface area contributed by atoms with Crippen molar-refractivity contribution in [1.82, 2.24) is 10.3 Å². The Kier molecular flexibility index (Phi) is 4.22. The lowest BCUT2D eigenvalue weighted by atomic mass is 9.90. The number of carbonyl (C=O) groups excluding carboxylic acids is 1. The van der Waals surface area contributed by atoms with Gasteiger partial charge in [0.05, 0.1) is 15.5 Å². The summed E-state index contributed by atoms with van der Waals surface area (Å²) in [5.74, 6) is -0.161. The highest BCUT2D eigenvalue weighted by Gasteiger charge is 2.45. The van der Waals surface area contributed by atoms with Gasteiger partial charge < -0.3 is 5.32 Å². The molecule has 1 atom stereocenters. The van der Waals surface area contributed by atoms with E-state index in [1.165, 1.54) is 5.01 Å². The van der Waals surface area contributed by atoms with Crippen molar-refractivity contribution in [3.05, 3.63) is 60.2 Å². The lowest BCUT2D eigenvalue weighted by molar-refractivity contribution is -0.131. The smallest absolute Gasteiger partial charge is 0.268 e. The minimum Gasteiger partial charge on any atom is -0.301 e. The molecular formula is C18H19N3O3S. The Hall–Kier alpha value is -2.51. The summed E-state index contributed by atoms with van der Waals surface area (Å²) in [6.45, 7) is 1.76. The van der Waals surface area contributed by atoms with Crippen molar-refractivity contribution in [2.45, 2.75) is 22.3 Å². The molecule has 7 heteroatoms. The van der Waals surface area contributed by atoms with Crippen LogP contribution in [0.15, 0.2) is 69.5 Å². The van der Waals surface area contributed by atoms with Gasteiger partial charge >= 0.3 is 0 Å². The van der Waals surface area contributed by atoms with Crippen LogP contribution in [0.4, 0.5) is 0 Å². The molecule has 0 aliphatic carbocycles. The Morgan fingerprint density at radius 3 is 2.12 bits per heavy atom.